The highest BCUT2D eigenvalue weighted by molar-refractivity contribution is 6.32. The molecule has 0 unspecified atom stereocenters. The van der Waals surface area contributed by atoms with Crippen LogP contribution < -0.4 is 10.5 Å². The van der Waals surface area contributed by atoms with Crippen molar-refractivity contribution in [1.29, 1.82) is 0 Å². The second kappa shape index (κ2) is 5.20. The number of halogens is 1. The molecule has 0 fully saturated rings. The third kappa shape index (κ3) is 2.35. The molecule has 2 aromatic rings. The van der Waals surface area contributed by atoms with Gasteiger partial charge in [0, 0.05) is 11.1 Å². The summed E-state index contributed by atoms with van der Waals surface area (Å²) in [5, 5.41) is 9.53. The van der Waals surface area contributed by atoms with Crippen LogP contribution in [0.25, 0.3) is 11.1 Å². The van der Waals surface area contributed by atoms with Gasteiger partial charge in [-0.3, -0.25) is 0 Å². The predicted molar refractivity (Wildman–Crippen MR) is 74.8 cm³/mol. The number of hydrogen-bond acceptors (Lipinski definition) is 3. The van der Waals surface area contributed by atoms with Gasteiger partial charge in [0.25, 0.3) is 0 Å². The Labute approximate surface area is 115 Å². The van der Waals surface area contributed by atoms with E-state index >= 15 is 0 Å². The average Bonchev–Trinajstić information content (AvgIpc) is 2.38. The number of carboxylic acid groups (broad SMARTS) is 1. The van der Waals surface area contributed by atoms with Crippen LogP contribution in [-0.2, 0) is 0 Å². The van der Waals surface area contributed by atoms with E-state index in [0.29, 0.717) is 21.9 Å². The second-order valence-corrected chi connectivity index (χ2v) is 4.30. The standard InChI is InChI=1S/C14H12ClNO3/c1-19-13-9(5-3-7-11(13)15)8-4-2-6-10(12(8)16)14(17)18/h2-7H,16H2,1H3,(H,17,18). The Morgan fingerprint density at radius 3 is 2.47 bits per heavy atom. The molecule has 3 N–H and O–H groups in total. The van der Waals surface area contributed by atoms with Crippen molar-refractivity contribution in [2.24, 2.45) is 0 Å². The van der Waals surface area contributed by atoms with Crippen LogP contribution in [0, 0.1) is 0 Å². The van der Waals surface area contributed by atoms with Gasteiger partial charge in [-0.25, -0.2) is 4.79 Å². The second-order valence-electron chi connectivity index (χ2n) is 3.89. The third-order valence-electron chi connectivity index (χ3n) is 2.80. The zero-order valence-corrected chi connectivity index (χ0v) is 10.9. The molecule has 0 spiro atoms. The fraction of sp³-hybridized carbons (Fsp3) is 0.0714. The Morgan fingerprint density at radius 2 is 1.84 bits per heavy atom. The SMILES string of the molecule is COc1c(Cl)cccc1-c1cccc(C(=O)O)c1N. The van der Waals surface area contributed by atoms with Crippen molar-refractivity contribution in [2.75, 3.05) is 12.8 Å². The molecule has 19 heavy (non-hydrogen) atoms. The van der Waals surface area contributed by atoms with E-state index in [-0.39, 0.29) is 11.3 Å². The van der Waals surface area contributed by atoms with Crippen molar-refractivity contribution in [3.63, 3.8) is 0 Å². The van der Waals surface area contributed by atoms with E-state index in [4.69, 9.17) is 27.2 Å². The van der Waals surface area contributed by atoms with E-state index in [1.165, 1.54) is 13.2 Å². The predicted octanol–water partition coefficient (Wildman–Crippen LogP) is 3.30. The van der Waals surface area contributed by atoms with Crippen LogP contribution in [0.4, 0.5) is 5.69 Å². The number of hydrogen-bond donors (Lipinski definition) is 2. The number of aromatic carboxylic acids is 1. The van der Waals surface area contributed by atoms with Gasteiger partial charge >= 0.3 is 5.97 Å². The monoisotopic (exact) mass is 277 g/mol. The first-order valence-corrected chi connectivity index (χ1v) is 5.88. The van der Waals surface area contributed by atoms with Gasteiger partial charge in [-0.2, -0.15) is 0 Å². The Kier molecular flexibility index (Phi) is 3.62. The topological polar surface area (TPSA) is 72.5 Å². The lowest BCUT2D eigenvalue weighted by molar-refractivity contribution is 0.0698. The molecule has 2 rings (SSSR count). The molecule has 0 aliphatic carbocycles. The minimum Gasteiger partial charge on any atom is -0.495 e. The first-order valence-electron chi connectivity index (χ1n) is 5.51. The van der Waals surface area contributed by atoms with E-state index in [1.54, 1.807) is 30.3 Å². The largest absolute Gasteiger partial charge is 0.495 e. The van der Waals surface area contributed by atoms with Crippen LogP contribution in [0.1, 0.15) is 10.4 Å². The summed E-state index contributed by atoms with van der Waals surface area (Å²) >= 11 is 6.05. The zero-order valence-electron chi connectivity index (χ0n) is 10.2. The summed E-state index contributed by atoms with van der Waals surface area (Å²) < 4.78 is 5.25. The molecule has 0 bridgehead atoms. The Hall–Kier alpha value is -2.20. The van der Waals surface area contributed by atoms with Crippen molar-refractivity contribution in [1.82, 2.24) is 0 Å². The smallest absolute Gasteiger partial charge is 0.337 e. The van der Waals surface area contributed by atoms with Gasteiger partial charge in [0.15, 0.2) is 0 Å². The normalized spacial score (nSPS) is 10.2. The van der Waals surface area contributed by atoms with E-state index in [9.17, 15) is 4.79 Å². The quantitative estimate of drug-likeness (QED) is 0.845. The van der Waals surface area contributed by atoms with Crippen molar-refractivity contribution in [3.8, 4) is 16.9 Å². The fourth-order valence-electron chi connectivity index (χ4n) is 1.91. The molecule has 0 aliphatic heterocycles. The van der Waals surface area contributed by atoms with Crippen LogP contribution in [0.2, 0.25) is 5.02 Å². The zero-order chi connectivity index (χ0) is 14.0. The van der Waals surface area contributed by atoms with Crippen molar-refractivity contribution in [2.45, 2.75) is 0 Å². The molecule has 0 aliphatic rings. The summed E-state index contributed by atoms with van der Waals surface area (Å²) in [6.07, 6.45) is 0. The molecule has 0 atom stereocenters. The molecule has 0 amide bonds. The Morgan fingerprint density at radius 1 is 1.21 bits per heavy atom. The molecule has 0 heterocycles. The maximum Gasteiger partial charge on any atom is 0.337 e. The summed E-state index contributed by atoms with van der Waals surface area (Å²) in [7, 11) is 1.50. The summed E-state index contributed by atoms with van der Waals surface area (Å²) in [6, 6.07) is 10.1. The molecule has 98 valence electrons. The summed E-state index contributed by atoms with van der Waals surface area (Å²) in [5.74, 6) is -0.598. The number of methoxy groups -OCH3 is 1. The van der Waals surface area contributed by atoms with Crippen LogP contribution in [0.5, 0.6) is 5.75 Å². The van der Waals surface area contributed by atoms with E-state index < -0.39 is 5.97 Å². The van der Waals surface area contributed by atoms with E-state index in [2.05, 4.69) is 0 Å². The van der Waals surface area contributed by atoms with E-state index in [1.807, 2.05) is 0 Å². The maximum atomic E-state index is 11.1. The number of carboxylic acids is 1. The van der Waals surface area contributed by atoms with Gasteiger partial charge in [0.1, 0.15) is 5.75 Å². The summed E-state index contributed by atoms with van der Waals surface area (Å²) in [6.45, 7) is 0. The van der Waals surface area contributed by atoms with Crippen LogP contribution in [0.3, 0.4) is 0 Å². The maximum absolute atomic E-state index is 11.1. The molecular formula is C14H12ClNO3. The molecule has 0 aromatic heterocycles. The summed E-state index contributed by atoms with van der Waals surface area (Å²) in [5.41, 5.74) is 7.40. The van der Waals surface area contributed by atoms with Crippen LogP contribution in [0.15, 0.2) is 36.4 Å². The molecule has 0 radical (unpaired) electrons. The number of anilines is 1. The van der Waals surface area contributed by atoms with Crippen LogP contribution in [-0.4, -0.2) is 18.2 Å². The van der Waals surface area contributed by atoms with Gasteiger partial charge < -0.3 is 15.6 Å². The van der Waals surface area contributed by atoms with Crippen molar-refractivity contribution >= 4 is 23.3 Å². The first-order chi connectivity index (χ1) is 9.06. The number of ether oxygens (including phenoxy) is 1. The van der Waals surface area contributed by atoms with Gasteiger partial charge in [0.2, 0.25) is 0 Å². The highest BCUT2D eigenvalue weighted by atomic mass is 35.5. The van der Waals surface area contributed by atoms with Gasteiger partial charge in [0.05, 0.1) is 23.4 Å². The average molecular weight is 278 g/mol. The number of carbonyl (C=O) groups is 1. The lowest BCUT2D eigenvalue weighted by Crippen LogP contribution is -2.04. The molecule has 0 saturated heterocycles. The molecular weight excluding hydrogens is 266 g/mol. The number of benzene rings is 2. The number of nitrogen functional groups attached to an aromatic ring is 1. The Bertz CT molecular complexity index is 641. The minimum atomic E-state index is -1.07. The van der Waals surface area contributed by atoms with Gasteiger partial charge in [-0.05, 0) is 12.1 Å². The Balaban J connectivity index is 2.70. The number of para-hydroxylation sites is 2. The minimum absolute atomic E-state index is 0.0551. The van der Waals surface area contributed by atoms with Gasteiger partial charge in [-0.1, -0.05) is 35.9 Å². The third-order valence-corrected chi connectivity index (χ3v) is 3.10. The highest BCUT2D eigenvalue weighted by Gasteiger charge is 2.16. The molecule has 5 heteroatoms. The number of nitrogens with two attached hydrogens (primary N) is 1. The first kappa shape index (κ1) is 13.2. The lowest BCUT2D eigenvalue weighted by atomic mass is 9.99. The van der Waals surface area contributed by atoms with Crippen molar-refractivity contribution in [3.05, 3.63) is 47.0 Å². The number of rotatable bonds is 3. The summed E-state index contributed by atoms with van der Waals surface area (Å²) in [4.78, 5) is 11.1. The molecule has 0 saturated carbocycles. The molecule has 4 nitrogen and oxygen atoms in total. The van der Waals surface area contributed by atoms with E-state index in [0.717, 1.165) is 0 Å². The molecule has 2 aromatic carbocycles. The fourth-order valence-corrected chi connectivity index (χ4v) is 2.17. The highest BCUT2D eigenvalue weighted by Crippen LogP contribution is 2.39. The van der Waals surface area contributed by atoms with Crippen LogP contribution >= 0.6 is 11.6 Å². The van der Waals surface area contributed by atoms with Crippen molar-refractivity contribution < 1.29 is 14.6 Å². The lowest BCUT2D eigenvalue weighted by Gasteiger charge is -2.13. The van der Waals surface area contributed by atoms with Gasteiger partial charge in [-0.15, -0.1) is 0 Å².